The lowest BCUT2D eigenvalue weighted by Gasteiger charge is -2.21. The van der Waals surface area contributed by atoms with Gasteiger partial charge in [0.1, 0.15) is 11.5 Å². The highest BCUT2D eigenvalue weighted by atomic mass is 15.1. The van der Waals surface area contributed by atoms with E-state index in [1.807, 2.05) is 13.1 Å². The number of hydrogen-bond acceptors (Lipinski definition) is 3. The molecule has 0 aromatic carbocycles. The topological polar surface area (TPSA) is 66.0 Å². The highest BCUT2D eigenvalue weighted by molar-refractivity contribution is 5.93. The van der Waals surface area contributed by atoms with Crippen LogP contribution in [0.15, 0.2) is 18.3 Å². The molecule has 0 saturated heterocycles. The number of anilines is 1. The quantitative estimate of drug-likeness (QED) is 0.579. The molecular weight excluding hydrogens is 188 g/mol. The van der Waals surface area contributed by atoms with Gasteiger partial charge in [0.05, 0.1) is 11.9 Å². The monoisotopic (exact) mass is 206 g/mol. The molecule has 0 aliphatic rings. The van der Waals surface area contributed by atoms with Gasteiger partial charge in [-0.25, -0.2) is 0 Å². The van der Waals surface area contributed by atoms with Gasteiger partial charge in [-0.1, -0.05) is 13.8 Å². The summed E-state index contributed by atoms with van der Waals surface area (Å²) in [7, 11) is 2.03. The van der Waals surface area contributed by atoms with Gasteiger partial charge in [-0.05, 0) is 18.1 Å². The maximum atomic E-state index is 7.23. The molecule has 0 unspecified atom stereocenters. The number of amidine groups is 1. The second kappa shape index (κ2) is 4.77. The number of nitrogens with two attached hydrogens (primary N) is 1. The number of nitrogens with zero attached hydrogens (tertiary/aromatic N) is 2. The van der Waals surface area contributed by atoms with Gasteiger partial charge < -0.3 is 10.6 Å². The van der Waals surface area contributed by atoms with Crippen molar-refractivity contribution in [2.75, 3.05) is 18.5 Å². The minimum Gasteiger partial charge on any atom is -0.382 e. The zero-order valence-electron chi connectivity index (χ0n) is 9.49. The third kappa shape index (κ3) is 3.23. The first kappa shape index (κ1) is 11.5. The molecule has 0 bridgehead atoms. The van der Waals surface area contributed by atoms with Crippen molar-refractivity contribution in [2.24, 2.45) is 11.7 Å². The molecule has 1 heterocycles. The lowest BCUT2D eigenvalue weighted by atomic mass is 10.2. The van der Waals surface area contributed by atoms with Crippen molar-refractivity contribution in [3.8, 4) is 0 Å². The Labute approximate surface area is 90.6 Å². The normalized spacial score (nSPS) is 10.4. The average molecular weight is 206 g/mol. The molecule has 0 spiro atoms. The van der Waals surface area contributed by atoms with Gasteiger partial charge in [0, 0.05) is 13.6 Å². The lowest BCUT2D eigenvalue weighted by molar-refractivity contribution is 0.638. The summed E-state index contributed by atoms with van der Waals surface area (Å²) in [6, 6.07) is 3.71. The summed E-state index contributed by atoms with van der Waals surface area (Å²) in [6.07, 6.45) is 1.75. The third-order valence-corrected chi connectivity index (χ3v) is 2.10. The number of hydrogen-bond donors (Lipinski definition) is 2. The van der Waals surface area contributed by atoms with Crippen molar-refractivity contribution in [1.82, 2.24) is 4.98 Å². The largest absolute Gasteiger partial charge is 0.382 e. The smallest absolute Gasteiger partial charge is 0.141 e. The van der Waals surface area contributed by atoms with Crippen LogP contribution >= 0.6 is 0 Å². The number of nitrogen functional groups attached to an aromatic ring is 1. The van der Waals surface area contributed by atoms with Crippen molar-refractivity contribution in [1.29, 1.82) is 5.41 Å². The Morgan fingerprint density at radius 3 is 2.60 bits per heavy atom. The zero-order valence-corrected chi connectivity index (χ0v) is 9.49. The van der Waals surface area contributed by atoms with Crippen LogP contribution < -0.4 is 10.6 Å². The van der Waals surface area contributed by atoms with Crippen LogP contribution in [0.4, 0.5) is 5.69 Å². The minimum absolute atomic E-state index is 0.00747. The molecule has 4 nitrogen and oxygen atoms in total. The highest BCUT2D eigenvalue weighted by Gasteiger charge is 2.04. The molecule has 0 fully saturated rings. The molecule has 0 aliphatic carbocycles. The number of rotatable bonds is 4. The molecule has 4 heteroatoms. The van der Waals surface area contributed by atoms with Crippen molar-refractivity contribution in [3.05, 3.63) is 24.0 Å². The fraction of sp³-hybridized carbons (Fsp3) is 0.455. The summed E-state index contributed by atoms with van der Waals surface area (Å²) in [5.41, 5.74) is 6.90. The molecule has 0 amide bonds. The summed E-state index contributed by atoms with van der Waals surface area (Å²) >= 11 is 0. The van der Waals surface area contributed by atoms with Crippen molar-refractivity contribution >= 4 is 11.5 Å². The first-order chi connectivity index (χ1) is 7.00. The van der Waals surface area contributed by atoms with Gasteiger partial charge >= 0.3 is 0 Å². The van der Waals surface area contributed by atoms with E-state index in [0.29, 0.717) is 11.6 Å². The van der Waals surface area contributed by atoms with Crippen LogP contribution in [0, 0.1) is 11.3 Å². The van der Waals surface area contributed by atoms with Gasteiger partial charge in [-0.2, -0.15) is 0 Å². The van der Waals surface area contributed by atoms with Gasteiger partial charge in [0.15, 0.2) is 0 Å². The van der Waals surface area contributed by atoms with Crippen LogP contribution in [0.1, 0.15) is 19.5 Å². The van der Waals surface area contributed by atoms with Crippen LogP contribution in [0.25, 0.3) is 0 Å². The van der Waals surface area contributed by atoms with Crippen LogP contribution in [0.2, 0.25) is 0 Å². The van der Waals surface area contributed by atoms with E-state index in [1.165, 1.54) is 0 Å². The third-order valence-electron chi connectivity index (χ3n) is 2.10. The van der Waals surface area contributed by atoms with Crippen LogP contribution in [0.3, 0.4) is 0 Å². The standard InChI is InChI=1S/C11H18N4/c1-8(2)7-15(3)9-4-5-10(11(12)13)14-6-9/h4-6,8H,7H2,1-3H3,(H3,12,13). The predicted molar refractivity (Wildman–Crippen MR) is 63.4 cm³/mol. The molecule has 0 atom stereocenters. The molecule has 1 aromatic heterocycles. The van der Waals surface area contributed by atoms with E-state index in [0.717, 1.165) is 12.2 Å². The Bertz CT molecular complexity index is 329. The van der Waals surface area contributed by atoms with Gasteiger partial charge in [0.2, 0.25) is 0 Å². The van der Waals surface area contributed by atoms with Crippen LogP contribution in [-0.2, 0) is 0 Å². The molecule has 82 valence electrons. The van der Waals surface area contributed by atoms with Crippen LogP contribution in [0.5, 0.6) is 0 Å². The van der Waals surface area contributed by atoms with Gasteiger partial charge in [-0.15, -0.1) is 0 Å². The molecule has 15 heavy (non-hydrogen) atoms. The predicted octanol–water partition coefficient (Wildman–Crippen LogP) is 1.46. The SMILES string of the molecule is CC(C)CN(C)c1ccc(C(=N)N)nc1. The van der Waals surface area contributed by atoms with E-state index in [-0.39, 0.29) is 5.84 Å². The molecule has 1 aromatic rings. The first-order valence-corrected chi connectivity index (χ1v) is 5.02. The fourth-order valence-electron chi connectivity index (χ4n) is 1.42. The average Bonchev–Trinajstić information content (AvgIpc) is 2.17. The summed E-state index contributed by atoms with van der Waals surface area (Å²) in [6.45, 7) is 5.34. The second-order valence-electron chi connectivity index (χ2n) is 4.09. The van der Waals surface area contributed by atoms with Crippen LogP contribution in [-0.4, -0.2) is 24.4 Å². The summed E-state index contributed by atoms with van der Waals surface area (Å²) in [5, 5.41) is 7.23. The fourth-order valence-corrected chi connectivity index (χ4v) is 1.42. The molecule has 0 aliphatic heterocycles. The maximum absolute atomic E-state index is 7.23. The highest BCUT2D eigenvalue weighted by Crippen LogP contribution is 2.12. The van der Waals surface area contributed by atoms with Crippen molar-refractivity contribution in [2.45, 2.75) is 13.8 Å². The zero-order chi connectivity index (χ0) is 11.4. The van der Waals surface area contributed by atoms with E-state index in [9.17, 15) is 0 Å². The van der Waals surface area contributed by atoms with Crippen molar-refractivity contribution in [3.63, 3.8) is 0 Å². The molecule has 3 N–H and O–H groups in total. The van der Waals surface area contributed by atoms with Crippen molar-refractivity contribution < 1.29 is 0 Å². The molecule has 1 rings (SSSR count). The van der Waals surface area contributed by atoms with E-state index in [4.69, 9.17) is 11.1 Å². The van der Waals surface area contributed by atoms with E-state index in [2.05, 4.69) is 23.7 Å². The Morgan fingerprint density at radius 2 is 2.20 bits per heavy atom. The summed E-state index contributed by atoms with van der Waals surface area (Å²) in [5.74, 6) is 0.621. The summed E-state index contributed by atoms with van der Waals surface area (Å²) in [4.78, 5) is 6.26. The van der Waals surface area contributed by atoms with E-state index in [1.54, 1.807) is 12.3 Å². The maximum Gasteiger partial charge on any atom is 0.141 e. The number of pyridine rings is 1. The Kier molecular flexibility index (Phi) is 3.66. The van der Waals surface area contributed by atoms with Gasteiger partial charge in [0.25, 0.3) is 0 Å². The molecule has 0 radical (unpaired) electrons. The molecule has 0 saturated carbocycles. The minimum atomic E-state index is 0.00747. The van der Waals surface area contributed by atoms with Gasteiger partial charge in [-0.3, -0.25) is 10.4 Å². The Hall–Kier alpha value is -1.58. The number of nitrogens with one attached hydrogen (secondary N) is 1. The Morgan fingerprint density at radius 1 is 1.53 bits per heavy atom. The molecular formula is C11H18N4. The Balaban J connectivity index is 2.75. The summed E-state index contributed by atoms with van der Waals surface area (Å²) < 4.78 is 0. The number of aromatic nitrogens is 1. The second-order valence-corrected chi connectivity index (χ2v) is 4.09. The first-order valence-electron chi connectivity index (χ1n) is 5.02. The van der Waals surface area contributed by atoms with E-state index >= 15 is 0 Å². The van der Waals surface area contributed by atoms with E-state index < -0.39 is 0 Å². The lowest BCUT2D eigenvalue weighted by Crippen LogP contribution is -2.23.